The Hall–Kier alpha value is -7.04. The van der Waals surface area contributed by atoms with Crippen LogP contribution in [-0.4, -0.2) is 38.1 Å². The second-order valence-corrected chi connectivity index (χ2v) is 12.3. The average molecular weight is 762 g/mol. The molecule has 0 atom stereocenters. The van der Waals surface area contributed by atoms with E-state index in [0.717, 1.165) is 44.5 Å². The van der Waals surface area contributed by atoms with Crippen LogP contribution in [0.15, 0.2) is 164 Å². The number of aromatic nitrogens is 1. The van der Waals surface area contributed by atoms with E-state index in [2.05, 4.69) is 28.6 Å². The maximum atomic E-state index is 11.9. The van der Waals surface area contributed by atoms with Gasteiger partial charge in [-0.2, -0.15) is 8.42 Å². The van der Waals surface area contributed by atoms with Gasteiger partial charge in [0.1, 0.15) is 0 Å². The van der Waals surface area contributed by atoms with Crippen molar-refractivity contribution in [2.45, 2.75) is 6.42 Å². The van der Waals surface area contributed by atoms with Crippen LogP contribution in [0.5, 0.6) is 0 Å². The van der Waals surface area contributed by atoms with E-state index in [-0.39, 0.29) is 28.5 Å². The summed E-state index contributed by atoms with van der Waals surface area (Å²) in [6.07, 6.45) is 0.252. The maximum absolute atomic E-state index is 11.9. The molecule has 6 aromatic carbocycles. The van der Waals surface area contributed by atoms with Crippen LogP contribution in [0.3, 0.4) is 0 Å². The molecule has 0 fully saturated rings. The van der Waals surface area contributed by atoms with E-state index in [1.165, 1.54) is 12.1 Å². The number of hydrogen-bond acceptors (Lipinski definition) is 9. The molecule has 0 radical (unpaired) electrons. The SMILES string of the molecule is NNc1ccccc1.O=C(Cc1ccc([N+](=O)[O-])cc1)c1ccccc1.O=S(=O)(O)O.O=[N+]([O-])c1ccc(-c2c(-c3ccccc3)[nH]c3ccccc23)cc1. The molecule has 0 aliphatic rings. The van der Waals surface area contributed by atoms with Crippen molar-refractivity contribution >= 4 is 44.1 Å². The van der Waals surface area contributed by atoms with Gasteiger partial charge in [-0.3, -0.25) is 40.0 Å². The van der Waals surface area contributed by atoms with E-state index >= 15 is 0 Å². The fourth-order valence-electron chi connectivity index (χ4n) is 5.19. The summed E-state index contributed by atoms with van der Waals surface area (Å²) in [4.78, 5) is 35.9. The topological polar surface area (TPSA) is 232 Å². The second-order valence-electron chi connectivity index (χ2n) is 11.4. The number of fused-ring (bicyclic) bond motifs is 1. The smallest absolute Gasteiger partial charge is 0.354 e. The number of rotatable bonds is 8. The number of H-pyrrole nitrogens is 1. The van der Waals surface area contributed by atoms with E-state index in [4.69, 9.17) is 23.4 Å². The molecule has 0 unspecified atom stereocenters. The third-order valence-corrected chi connectivity index (χ3v) is 7.68. The van der Waals surface area contributed by atoms with Gasteiger partial charge < -0.3 is 10.4 Å². The molecule has 0 aliphatic heterocycles. The van der Waals surface area contributed by atoms with Crippen LogP contribution < -0.4 is 11.3 Å². The zero-order valence-electron chi connectivity index (χ0n) is 28.9. The number of benzene rings is 6. The summed E-state index contributed by atoms with van der Waals surface area (Å²) in [6.45, 7) is 0. The summed E-state index contributed by atoms with van der Waals surface area (Å²) >= 11 is 0. The number of hydrogen-bond donors (Lipinski definition) is 5. The molecule has 15 heteroatoms. The van der Waals surface area contributed by atoms with Crippen LogP contribution in [-0.2, 0) is 16.8 Å². The van der Waals surface area contributed by atoms with Gasteiger partial charge in [-0.05, 0) is 47.0 Å². The first-order chi connectivity index (χ1) is 26.3. The molecule has 7 aromatic rings. The highest BCUT2D eigenvalue weighted by molar-refractivity contribution is 7.79. The Morgan fingerprint density at radius 3 is 1.58 bits per heavy atom. The highest BCUT2D eigenvalue weighted by Crippen LogP contribution is 2.38. The van der Waals surface area contributed by atoms with Crippen LogP contribution >= 0.6 is 0 Å². The second kappa shape index (κ2) is 19.7. The third kappa shape index (κ3) is 12.8. The summed E-state index contributed by atoms with van der Waals surface area (Å²) in [5.41, 5.74) is 10.2. The van der Waals surface area contributed by atoms with Crippen molar-refractivity contribution in [1.82, 2.24) is 4.98 Å². The highest BCUT2D eigenvalue weighted by Gasteiger charge is 2.16. The lowest BCUT2D eigenvalue weighted by Gasteiger charge is -2.05. The number of carbonyl (C=O) groups is 1. The van der Waals surface area contributed by atoms with Gasteiger partial charge in [0.05, 0.1) is 15.5 Å². The van der Waals surface area contributed by atoms with Gasteiger partial charge in [0.25, 0.3) is 11.4 Å². The highest BCUT2D eigenvalue weighted by atomic mass is 32.3. The molecule has 0 spiro atoms. The van der Waals surface area contributed by atoms with Crippen LogP contribution in [0.25, 0.3) is 33.3 Å². The van der Waals surface area contributed by atoms with Gasteiger partial charge in [-0.25, -0.2) is 0 Å². The van der Waals surface area contributed by atoms with Crippen LogP contribution in [0.1, 0.15) is 15.9 Å². The lowest BCUT2D eigenvalue weighted by atomic mass is 9.98. The molecule has 0 saturated heterocycles. The van der Waals surface area contributed by atoms with E-state index in [1.54, 1.807) is 48.5 Å². The van der Waals surface area contributed by atoms with Gasteiger partial charge in [0, 0.05) is 58.4 Å². The molecule has 0 amide bonds. The van der Waals surface area contributed by atoms with Crippen LogP contribution in [0.2, 0.25) is 0 Å². The Bertz CT molecular complexity index is 2420. The summed E-state index contributed by atoms with van der Waals surface area (Å²) < 4.78 is 31.6. The number of hydrazine groups is 1. The minimum atomic E-state index is -4.67. The number of nitrogen functional groups attached to an aromatic ring is 1. The zero-order valence-corrected chi connectivity index (χ0v) is 29.7. The largest absolute Gasteiger partial charge is 0.394 e. The number of nitro benzene ring substituents is 2. The molecular weight excluding hydrogens is 727 g/mol. The van der Waals surface area contributed by atoms with Gasteiger partial charge in [0.15, 0.2) is 5.78 Å². The summed E-state index contributed by atoms with van der Waals surface area (Å²) in [5.74, 6) is 5.10. The lowest BCUT2D eigenvalue weighted by Crippen LogP contribution is -2.05. The minimum Gasteiger partial charge on any atom is -0.354 e. The Balaban J connectivity index is 0.000000190. The van der Waals surface area contributed by atoms with Gasteiger partial charge in [0.2, 0.25) is 0 Å². The molecule has 1 aromatic heterocycles. The number of anilines is 1. The maximum Gasteiger partial charge on any atom is 0.394 e. The minimum absolute atomic E-state index is 0.00412. The van der Waals surface area contributed by atoms with E-state index in [9.17, 15) is 25.0 Å². The monoisotopic (exact) mass is 761 g/mol. The molecule has 1 heterocycles. The summed E-state index contributed by atoms with van der Waals surface area (Å²) in [7, 11) is -4.67. The lowest BCUT2D eigenvalue weighted by molar-refractivity contribution is -0.385. The Morgan fingerprint density at radius 1 is 0.636 bits per heavy atom. The van der Waals surface area contributed by atoms with Crippen molar-refractivity contribution in [2.24, 2.45) is 5.84 Å². The van der Waals surface area contributed by atoms with Crippen molar-refractivity contribution in [3.63, 3.8) is 0 Å². The molecule has 7 rings (SSSR count). The number of nitrogens with zero attached hydrogens (tertiary/aromatic N) is 2. The van der Waals surface area contributed by atoms with Gasteiger partial charge in [-0.15, -0.1) is 0 Å². The number of aromatic amines is 1. The first kappa shape index (κ1) is 40.7. The number of para-hydroxylation sites is 2. The van der Waals surface area contributed by atoms with Crippen molar-refractivity contribution in [2.75, 3.05) is 5.43 Å². The van der Waals surface area contributed by atoms with E-state index < -0.39 is 15.3 Å². The summed E-state index contributed by atoms with van der Waals surface area (Å²) in [6, 6.07) is 49.5. The summed E-state index contributed by atoms with van der Waals surface area (Å²) in [5, 5.41) is 22.5. The number of ketones is 1. The Morgan fingerprint density at radius 2 is 1.09 bits per heavy atom. The normalized spacial score (nSPS) is 10.3. The molecule has 0 bridgehead atoms. The van der Waals surface area contributed by atoms with Crippen LogP contribution in [0, 0.1) is 20.2 Å². The number of nitrogens with one attached hydrogen (secondary N) is 2. The molecule has 0 saturated carbocycles. The molecule has 0 aliphatic carbocycles. The number of non-ortho nitro benzene ring substituents is 2. The Labute approximate surface area is 315 Å². The quantitative estimate of drug-likeness (QED) is 0.0323. The predicted octanol–water partition coefficient (Wildman–Crippen LogP) is 8.75. The van der Waals surface area contributed by atoms with Crippen molar-refractivity contribution in [3.05, 3.63) is 195 Å². The number of nitro groups is 2. The molecule has 6 N–H and O–H groups in total. The molecule has 14 nitrogen and oxygen atoms in total. The molecule has 280 valence electrons. The predicted molar refractivity (Wildman–Crippen MR) is 212 cm³/mol. The average Bonchev–Trinajstić information content (AvgIpc) is 3.59. The van der Waals surface area contributed by atoms with Crippen molar-refractivity contribution < 1.29 is 32.2 Å². The van der Waals surface area contributed by atoms with Crippen molar-refractivity contribution in [3.8, 4) is 22.4 Å². The zero-order chi connectivity index (χ0) is 39.8. The molecule has 55 heavy (non-hydrogen) atoms. The van der Waals surface area contributed by atoms with E-state index in [1.807, 2.05) is 84.9 Å². The number of nitrogens with two attached hydrogens (primary N) is 1. The third-order valence-electron chi connectivity index (χ3n) is 7.68. The first-order valence-electron chi connectivity index (χ1n) is 16.3. The standard InChI is InChI=1S/C20H14N2O2.C14H11NO3.C6H8N2.H2O4S/c23-22(24)16-12-10-14(11-13-16)19-17-8-4-5-9-18(17)21-20(19)15-6-2-1-3-7-15;16-14(12-4-2-1-3-5-12)10-11-6-8-13(9-7-11)15(17)18;7-8-6-4-2-1-3-5-6;1-5(2,3)4/h1-13,21H;1-9H,10H2;1-5,8H,7H2;(H2,1,2,3,4). The Kier molecular flexibility index (Phi) is 14.6. The van der Waals surface area contributed by atoms with E-state index in [0.29, 0.717) is 5.56 Å². The number of carbonyl (C=O) groups excluding carboxylic acids is 1. The van der Waals surface area contributed by atoms with Crippen molar-refractivity contribution in [1.29, 1.82) is 0 Å². The van der Waals surface area contributed by atoms with Gasteiger partial charge >= 0.3 is 10.4 Å². The van der Waals surface area contributed by atoms with Crippen LogP contribution in [0.4, 0.5) is 17.1 Å². The van der Waals surface area contributed by atoms with Gasteiger partial charge in [-0.1, -0.05) is 109 Å². The fourth-order valence-corrected chi connectivity index (χ4v) is 5.19. The first-order valence-corrected chi connectivity index (χ1v) is 17.7. The molecular formula is C40H35N5O9S. The number of Topliss-reactive ketones (excluding diaryl/α,β-unsaturated/α-hetero) is 1. The fraction of sp³-hybridized carbons (Fsp3) is 0.0250.